The van der Waals surface area contributed by atoms with Crippen molar-refractivity contribution in [2.75, 3.05) is 20.3 Å². The summed E-state index contributed by atoms with van der Waals surface area (Å²) in [5.74, 6) is 0. The zero-order chi connectivity index (χ0) is 13.6. The van der Waals surface area contributed by atoms with Gasteiger partial charge in [-0.25, -0.2) is 8.42 Å². The van der Waals surface area contributed by atoms with Gasteiger partial charge in [0.15, 0.2) is 0 Å². The molecule has 0 aliphatic carbocycles. The monoisotopic (exact) mass is 282 g/mol. The first-order valence-corrected chi connectivity index (χ1v) is 7.49. The zero-order valence-electron chi connectivity index (χ0n) is 10.8. The molecule has 0 saturated carbocycles. The van der Waals surface area contributed by atoms with Gasteiger partial charge in [0.05, 0.1) is 11.6 Å². The number of methoxy groups -OCH3 is 1. The van der Waals surface area contributed by atoms with Crippen LogP contribution in [0.15, 0.2) is 0 Å². The normalized spacial score (nSPS) is 14.2. The highest BCUT2D eigenvalue weighted by Crippen LogP contribution is 2.16. The van der Waals surface area contributed by atoms with Gasteiger partial charge in [-0.15, -0.1) is 0 Å². The van der Waals surface area contributed by atoms with Crippen LogP contribution < -0.4 is 5.73 Å². The molecule has 5 nitrogen and oxygen atoms in total. The highest BCUT2D eigenvalue weighted by molar-refractivity contribution is 7.92. The number of thiocarbonyl (C=S) groups is 1. The molecule has 0 rings (SSSR count). The molecular formula is C10H22N2O3S2. The third kappa shape index (κ3) is 4.50. The van der Waals surface area contributed by atoms with Gasteiger partial charge in [-0.05, 0) is 20.3 Å². The van der Waals surface area contributed by atoms with Crippen LogP contribution in [0.5, 0.6) is 0 Å². The summed E-state index contributed by atoms with van der Waals surface area (Å²) in [6.45, 7) is 6.07. The minimum absolute atomic E-state index is 0.0237. The molecule has 7 heteroatoms. The Labute approximate surface area is 109 Å². The molecular weight excluding hydrogens is 260 g/mol. The lowest BCUT2D eigenvalue weighted by Crippen LogP contribution is -2.48. The van der Waals surface area contributed by atoms with Crippen LogP contribution in [-0.2, 0) is 14.8 Å². The average molecular weight is 282 g/mol. The fourth-order valence-corrected chi connectivity index (χ4v) is 4.07. The van der Waals surface area contributed by atoms with E-state index in [0.717, 1.165) is 0 Å². The van der Waals surface area contributed by atoms with E-state index in [9.17, 15) is 8.42 Å². The predicted octanol–water partition coefficient (Wildman–Crippen LogP) is 0.738. The maximum atomic E-state index is 12.4. The quantitative estimate of drug-likeness (QED) is 0.665. The molecule has 0 aliphatic rings. The number of nitrogens with two attached hydrogens (primary N) is 1. The van der Waals surface area contributed by atoms with Crippen molar-refractivity contribution >= 4 is 27.2 Å². The van der Waals surface area contributed by atoms with Crippen LogP contribution in [0.4, 0.5) is 0 Å². The van der Waals surface area contributed by atoms with E-state index in [1.165, 1.54) is 11.4 Å². The van der Waals surface area contributed by atoms with E-state index in [1.807, 2.05) is 13.8 Å². The van der Waals surface area contributed by atoms with Crippen molar-refractivity contribution in [2.45, 2.75) is 38.5 Å². The molecule has 1 atom stereocenters. The first-order chi connectivity index (χ1) is 7.78. The fourth-order valence-electron chi connectivity index (χ4n) is 1.58. The maximum Gasteiger partial charge on any atom is 0.223 e. The summed E-state index contributed by atoms with van der Waals surface area (Å²) < 4.78 is 31.0. The summed E-state index contributed by atoms with van der Waals surface area (Å²) in [5.41, 5.74) is 5.49. The summed E-state index contributed by atoms with van der Waals surface area (Å²) in [6, 6.07) is -0.140. The Hall–Kier alpha value is -0.240. The maximum absolute atomic E-state index is 12.4. The molecule has 102 valence electrons. The topological polar surface area (TPSA) is 72.6 Å². The molecule has 1 unspecified atom stereocenters. The third-order valence-electron chi connectivity index (χ3n) is 2.47. The van der Waals surface area contributed by atoms with Crippen LogP contribution in [0, 0.1) is 0 Å². The number of nitrogens with zero attached hydrogens (tertiary/aromatic N) is 1. The molecule has 0 spiro atoms. The Morgan fingerprint density at radius 3 is 2.29 bits per heavy atom. The van der Waals surface area contributed by atoms with Gasteiger partial charge in [-0.3, -0.25) is 0 Å². The highest BCUT2D eigenvalue weighted by Gasteiger charge is 2.34. The summed E-state index contributed by atoms with van der Waals surface area (Å²) in [6.07, 6.45) is 0.383. The van der Waals surface area contributed by atoms with Gasteiger partial charge < -0.3 is 10.5 Å². The van der Waals surface area contributed by atoms with Crippen LogP contribution in [0.25, 0.3) is 0 Å². The molecule has 0 fully saturated rings. The molecule has 0 saturated heterocycles. The highest BCUT2D eigenvalue weighted by atomic mass is 32.2. The first kappa shape index (κ1) is 16.8. The second-order valence-corrected chi connectivity index (χ2v) is 6.58. The van der Waals surface area contributed by atoms with Gasteiger partial charge in [0.1, 0.15) is 5.25 Å². The number of ether oxygens (including phenoxy) is 1. The second kappa shape index (κ2) is 7.25. The summed E-state index contributed by atoms with van der Waals surface area (Å²) in [4.78, 5) is 0.0237. The van der Waals surface area contributed by atoms with Crippen molar-refractivity contribution in [3.05, 3.63) is 0 Å². The molecule has 0 heterocycles. The minimum atomic E-state index is -3.50. The van der Waals surface area contributed by atoms with E-state index in [2.05, 4.69) is 0 Å². The molecule has 0 aliphatic heterocycles. The smallest absolute Gasteiger partial charge is 0.223 e. The van der Waals surface area contributed by atoms with E-state index in [4.69, 9.17) is 22.7 Å². The number of hydrogen-bond acceptors (Lipinski definition) is 4. The summed E-state index contributed by atoms with van der Waals surface area (Å²) >= 11 is 4.82. The molecule has 0 bridgehead atoms. The Morgan fingerprint density at radius 2 is 2.00 bits per heavy atom. The van der Waals surface area contributed by atoms with E-state index in [1.54, 1.807) is 6.92 Å². The molecule has 0 aromatic heterocycles. The lowest BCUT2D eigenvalue weighted by molar-refractivity contribution is 0.170. The molecule has 17 heavy (non-hydrogen) atoms. The first-order valence-electron chi connectivity index (χ1n) is 5.57. The average Bonchev–Trinajstić information content (AvgIpc) is 2.16. The van der Waals surface area contributed by atoms with Crippen LogP contribution in [0.1, 0.15) is 27.2 Å². The van der Waals surface area contributed by atoms with Gasteiger partial charge in [0, 0.05) is 19.7 Å². The largest absolute Gasteiger partial charge is 0.392 e. The van der Waals surface area contributed by atoms with Crippen LogP contribution >= 0.6 is 12.2 Å². The predicted molar refractivity (Wildman–Crippen MR) is 73.5 cm³/mol. The van der Waals surface area contributed by atoms with Crippen molar-refractivity contribution in [3.63, 3.8) is 0 Å². The van der Waals surface area contributed by atoms with Gasteiger partial charge in [-0.1, -0.05) is 19.1 Å². The van der Waals surface area contributed by atoms with E-state index in [0.29, 0.717) is 19.6 Å². The van der Waals surface area contributed by atoms with Crippen molar-refractivity contribution in [1.82, 2.24) is 4.31 Å². The van der Waals surface area contributed by atoms with Gasteiger partial charge in [0.2, 0.25) is 10.0 Å². The van der Waals surface area contributed by atoms with Gasteiger partial charge in [0.25, 0.3) is 0 Å². The molecule has 0 aromatic rings. The van der Waals surface area contributed by atoms with Crippen molar-refractivity contribution < 1.29 is 13.2 Å². The molecule has 0 amide bonds. The Balaban J connectivity index is 5.13. The van der Waals surface area contributed by atoms with Crippen LogP contribution in [0.2, 0.25) is 0 Å². The second-order valence-electron chi connectivity index (χ2n) is 4.04. The number of rotatable bonds is 8. The lowest BCUT2D eigenvalue weighted by Gasteiger charge is -2.29. The van der Waals surface area contributed by atoms with E-state index < -0.39 is 15.3 Å². The van der Waals surface area contributed by atoms with Crippen molar-refractivity contribution in [3.8, 4) is 0 Å². The standard InChI is InChI=1S/C10H22N2O3S2/c1-5-9(10(11)16)17(13,14)12(8(2)3)6-7-15-4/h8-9H,5-7H2,1-4H3,(H2,11,16). The fraction of sp³-hybridized carbons (Fsp3) is 0.900. The SMILES string of the molecule is CCC(C(N)=S)S(=O)(=O)N(CCOC)C(C)C. The van der Waals surface area contributed by atoms with Crippen molar-refractivity contribution in [1.29, 1.82) is 0 Å². The van der Waals surface area contributed by atoms with Crippen LogP contribution in [-0.4, -0.2) is 49.3 Å². The zero-order valence-corrected chi connectivity index (χ0v) is 12.5. The Bertz CT molecular complexity index is 341. The number of sulfonamides is 1. The molecule has 0 aromatic carbocycles. The van der Waals surface area contributed by atoms with Crippen LogP contribution in [0.3, 0.4) is 0 Å². The molecule has 2 N–H and O–H groups in total. The van der Waals surface area contributed by atoms with Gasteiger partial charge in [-0.2, -0.15) is 4.31 Å². The summed E-state index contributed by atoms with van der Waals surface area (Å²) in [5, 5.41) is -0.795. The van der Waals surface area contributed by atoms with E-state index >= 15 is 0 Å². The van der Waals surface area contributed by atoms with E-state index in [-0.39, 0.29) is 11.0 Å². The van der Waals surface area contributed by atoms with Gasteiger partial charge >= 0.3 is 0 Å². The lowest BCUT2D eigenvalue weighted by atomic mass is 10.3. The minimum Gasteiger partial charge on any atom is -0.392 e. The van der Waals surface area contributed by atoms with Crippen molar-refractivity contribution in [2.24, 2.45) is 5.73 Å². The Morgan fingerprint density at radius 1 is 1.47 bits per heavy atom. The summed E-state index contributed by atoms with van der Waals surface area (Å²) in [7, 11) is -1.96. The number of hydrogen-bond donors (Lipinski definition) is 1. The Kier molecular flexibility index (Phi) is 7.15. The third-order valence-corrected chi connectivity index (χ3v) is 5.46. The molecule has 0 radical (unpaired) electrons.